The summed E-state index contributed by atoms with van der Waals surface area (Å²) in [5.74, 6) is 0.344. The van der Waals surface area contributed by atoms with Gasteiger partial charge in [0.15, 0.2) is 0 Å². The van der Waals surface area contributed by atoms with Gasteiger partial charge in [0.1, 0.15) is 24.7 Å². The summed E-state index contributed by atoms with van der Waals surface area (Å²) in [4.78, 5) is 26.1. The molecule has 0 spiro atoms. The summed E-state index contributed by atoms with van der Waals surface area (Å²) < 4.78 is 13.4. The van der Waals surface area contributed by atoms with Crippen LogP contribution in [0.25, 0.3) is 0 Å². The summed E-state index contributed by atoms with van der Waals surface area (Å²) in [7, 11) is 0. The largest absolute Gasteiger partial charge is 0.491 e. The molecule has 1 saturated heterocycles. The average Bonchev–Trinajstić information content (AvgIpc) is 3.24. The number of benzene rings is 1. The normalized spacial score (nSPS) is 28.7. The van der Waals surface area contributed by atoms with E-state index >= 15 is 0 Å². The quantitative estimate of drug-likeness (QED) is 0.368. The number of hydrogen-bond donors (Lipinski definition) is 3. The Morgan fingerprint density at radius 1 is 1.39 bits per heavy atom. The van der Waals surface area contributed by atoms with Crippen LogP contribution in [0.15, 0.2) is 52.2 Å². The number of nitrogens with one attached hydrogen (secondary N) is 1. The van der Waals surface area contributed by atoms with Crippen LogP contribution in [-0.2, 0) is 4.74 Å². The molecule has 1 aromatic carbocycles. The molecule has 4 rings (SSSR count). The number of H-pyrrole nitrogens is 1. The van der Waals surface area contributed by atoms with Crippen molar-refractivity contribution < 1.29 is 19.7 Å². The fourth-order valence-electron chi connectivity index (χ4n) is 4.23. The fourth-order valence-corrected chi connectivity index (χ4v) is 4.85. The SMILES string of the molecule is O=c1[nH]c(=O)n([C@H]2C[C@@H]3[C@@H](/C=C/[C@@H](O)COc4cccc(Cl)c4)[C@H](O)C[C@@H]3O2)cc1I. The number of aromatic nitrogens is 2. The minimum atomic E-state index is -0.855. The smallest absolute Gasteiger partial charge is 0.330 e. The van der Waals surface area contributed by atoms with Crippen molar-refractivity contribution >= 4 is 34.2 Å². The summed E-state index contributed by atoms with van der Waals surface area (Å²) >= 11 is 7.79. The molecular weight excluding hydrogens is 539 g/mol. The molecule has 8 nitrogen and oxygen atoms in total. The van der Waals surface area contributed by atoms with E-state index in [1.807, 2.05) is 22.6 Å². The van der Waals surface area contributed by atoms with Gasteiger partial charge in [-0.2, -0.15) is 0 Å². The van der Waals surface area contributed by atoms with E-state index in [2.05, 4.69) is 4.98 Å². The molecule has 166 valence electrons. The van der Waals surface area contributed by atoms with Gasteiger partial charge in [-0.1, -0.05) is 29.8 Å². The molecule has 2 aliphatic rings. The molecule has 1 aromatic heterocycles. The van der Waals surface area contributed by atoms with Gasteiger partial charge in [0.25, 0.3) is 5.56 Å². The van der Waals surface area contributed by atoms with Crippen LogP contribution in [0.4, 0.5) is 0 Å². The molecule has 0 bridgehead atoms. The number of ether oxygens (including phenoxy) is 2. The predicted octanol–water partition coefficient (Wildman–Crippen LogP) is 2.08. The van der Waals surface area contributed by atoms with Gasteiger partial charge in [-0.25, -0.2) is 4.79 Å². The second kappa shape index (κ2) is 9.45. The molecule has 2 fully saturated rings. The first-order valence-electron chi connectivity index (χ1n) is 9.91. The van der Waals surface area contributed by atoms with Crippen molar-refractivity contribution in [1.29, 1.82) is 0 Å². The number of aromatic amines is 1. The molecule has 3 N–H and O–H groups in total. The van der Waals surface area contributed by atoms with E-state index in [4.69, 9.17) is 21.1 Å². The Kier molecular flexibility index (Phi) is 6.87. The molecule has 1 aliphatic carbocycles. The van der Waals surface area contributed by atoms with Gasteiger partial charge in [0, 0.05) is 23.6 Å². The Morgan fingerprint density at radius 2 is 2.19 bits per heavy atom. The van der Waals surface area contributed by atoms with Gasteiger partial charge in [0.05, 0.1) is 15.8 Å². The lowest BCUT2D eigenvalue weighted by atomic mass is 9.91. The van der Waals surface area contributed by atoms with Crippen LogP contribution in [0.5, 0.6) is 5.75 Å². The number of fused-ring (bicyclic) bond motifs is 1. The summed E-state index contributed by atoms with van der Waals surface area (Å²) in [6.45, 7) is 0.0537. The number of rotatable bonds is 6. The molecule has 1 saturated carbocycles. The van der Waals surface area contributed by atoms with Crippen molar-refractivity contribution in [2.24, 2.45) is 11.8 Å². The molecule has 0 radical (unpaired) electrons. The van der Waals surface area contributed by atoms with E-state index in [-0.39, 0.29) is 24.5 Å². The monoisotopic (exact) mass is 560 g/mol. The van der Waals surface area contributed by atoms with Gasteiger partial charge in [-0.3, -0.25) is 14.3 Å². The zero-order valence-electron chi connectivity index (χ0n) is 16.4. The van der Waals surface area contributed by atoms with Crippen molar-refractivity contribution in [1.82, 2.24) is 9.55 Å². The lowest BCUT2D eigenvalue weighted by Gasteiger charge is -2.19. The number of aliphatic hydroxyl groups is 2. The maximum absolute atomic E-state index is 12.2. The average molecular weight is 561 g/mol. The van der Waals surface area contributed by atoms with E-state index < -0.39 is 29.7 Å². The Bertz CT molecular complexity index is 1090. The molecule has 0 amide bonds. The molecule has 31 heavy (non-hydrogen) atoms. The van der Waals surface area contributed by atoms with Gasteiger partial charge in [-0.15, -0.1) is 0 Å². The van der Waals surface area contributed by atoms with E-state index in [0.717, 1.165) is 0 Å². The van der Waals surface area contributed by atoms with Crippen LogP contribution in [0.3, 0.4) is 0 Å². The molecular formula is C21H22ClIN2O6. The van der Waals surface area contributed by atoms with Crippen LogP contribution < -0.4 is 16.0 Å². The van der Waals surface area contributed by atoms with Crippen LogP contribution in [0.2, 0.25) is 5.02 Å². The second-order valence-electron chi connectivity index (χ2n) is 7.77. The predicted molar refractivity (Wildman–Crippen MR) is 122 cm³/mol. The zero-order valence-corrected chi connectivity index (χ0v) is 19.3. The lowest BCUT2D eigenvalue weighted by molar-refractivity contribution is -0.0124. The summed E-state index contributed by atoms with van der Waals surface area (Å²) in [6.07, 6.45) is 3.71. The van der Waals surface area contributed by atoms with Gasteiger partial charge in [0.2, 0.25) is 0 Å². The highest BCUT2D eigenvalue weighted by atomic mass is 127. The van der Waals surface area contributed by atoms with Gasteiger partial charge in [-0.05, 0) is 53.1 Å². The number of halogens is 2. The maximum Gasteiger partial charge on any atom is 0.330 e. The topological polar surface area (TPSA) is 114 Å². The molecule has 0 unspecified atom stereocenters. The molecule has 10 heteroatoms. The Morgan fingerprint density at radius 3 is 2.97 bits per heavy atom. The fraction of sp³-hybridized carbons (Fsp3) is 0.429. The number of nitrogens with zero attached hydrogens (tertiary/aromatic N) is 1. The van der Waals surface area contributed by atoms with Crippen LogP contribution in [0.1, 0.15) is 19.1 Å². The first-order chi connectivity index (χ1) is 14.8. The van der Waals surface area contributed by atoms with E-state index in [1.165, 1.54) is 10.8 Å². The summed E-state index contributed by atoms with van der Waals surface area (Å²) in [6, 6.07) is 6.92. The zero-order chi connectivity index (χ0) is 22.1. The van der Waals surface area contributed by atoms with Gasteiger partial charge >= 0.3 is 5.69 Å². The highest BCUT2D eigenvalue weighted by molar-refractivity contribution is 14.1. The van der Waals surface area contributed by atoms with Crippen molar-refractivity contribution in [3.63, 3.8) is 0 Å². The first kappa shape index (κ1) is 22.5. The van der Waals surface area contributed by atoms with E-state index in [0.29, 0.717) is 27.2 Å². The maximum atomic E-state index is 12.2. The molecule has 2 aromatic rings. The van der Waals surface area contributed by atoms with Crippen molar-refractivity contribution in [2.75, 3.05) is 6.61 Å². The van der Waals surface area contributed by atoms with Crippen LogP contribution in [-0.4, -0.2) is 44.7 Å². The Labute approximate surface area is 196 Å². The molecule has 1 aliphatic heterocycles. The number of aliphatic hydroxyl groups excluding tert-OH is 2. The first-order valence-corrected chi connectivity index (χ1v) is 11.4. The highest BCUT2D eigenvalue weighted by Gasteiger charge is 2.48. The third-order valence-electron chi connectivity index (χ3n) is 5.70. The van der Waals surface area contributed by atoms with Crippen molar-refractivity contribution in [3.05, 3.63) is 72.0 Å². The van der Waals surface area contributed by atoms with Crippen molar-refractivity contribution in [3.8, 4) is 5.75 Å². The minimum absolute atomic E-state index is 0.00575. The van der Waals surface area contributed by atoms with Crippen LogP contribution in [0, 0.1) is 15.4 Å². The Balaban J connectivity index is 1.40. The van der Waals surface area contributed by atoms with Gasteiger partial charge < -0.3 is 19.7 Å². The summed E-state index contributed by atoms with van der Waals surface area (Å²) in [5.41, 5.74) is -0.943. The molecule has 6 atom stereocenters. The highest BCUT2D eigenvalue weighted by Crippen LogP contribution is 2.46. The third kappa shape index (κ3) is 5.06. The standard InChI is InChI=1S/C21H22ClIN2O6/c22-11-2-1-3-13(6-11)30-10-12(26)4-5-14-15-7-19(31-18(15)8-17(14)27)25-9-16(23)20(28)24-21(25)29/h1-6,9,12,14-15,17-19,26-27H,7-8,10H2,(H,24,28,29)/b5-4+/t12-,14-,15-,17-,18+,19-/m1/s1. The van der Waals surface area contributed by atoms with Crippen molar-refractivity contribution in [2.45, 2.75) is 37.4 Å². The summed E-state index contributed by atoms with van der Waals surface area (Å²) in [5, 5.41) is 21.3. The third-order valence-corrected chi connectivity index (χ3v) is 6.71. The van der Waals surface area contributed by atoms with Crippen LogP contribution >= 0.6 is 34.2 Å². The van der Waals surface area contributed by atoms with E-state index in [1.54, 1.807) is 36.4 Å². The Hall–Kier alpha value is -1.66. The lowest BCUT2D eigenvalue weighted by Crippen LogP contribution is -2.34. The minimum Gasteiger partial charge on any atom is -0.491 e. The second-order valence-corrected chi connectivity index (χ2v) is 9.37. The van der Waals surface area contributed by atoms with E-state index in [9.17, 15) is 19.8 Å². The number of hydrogen-bond acceptors (Lipinski definition) is 6. The molecule has 2 heterocycles.